The van der Waals surface area contributed by atoms with Crippen LogP contribution in [0.3, 0.4) is 0 Å². The highest BCUT2D eigenvalue weighted by atomic mass is 79.9. The molecule has 3 nitrogen and oxygen atoms in total. The Labute approximate surface area is 137 Å². The molecular formula is C13H7BrCl2F2N2O. The summed E-state index contributed by atoms with van der Waals surface area (Å²) in [5.74, 6) is -2.00. The van der Waals surface area contributed by atoms with Crippen molar-refractivity contribution in [2.24, 2.45) is 0 Å². The van der Waals surface area contributed by atoms with Gasteiger partial charge in [-0.1, -0.05) is 23.2 Å². The number of carbonyl (C=O) groups is 1. The number of benzene rings is 2. The number of anilines is 2. The normalized spacial score (nSPS) is 10.5. The van der Waals surface area contributed by atoms with Crippen molar-refractivity contribution in [2.75, 3.05) is 11.1 Å². The van der Waals surface area contributed by atoms with Gasteiger partial charge in [0.2, 0.25) is 0 Å². The van der Waals surface area contributed by atoms with Crippen LogP contribution in [0, 0.1) is 11.6 Å². The smallest absolute Gasteiger partial charge is 0.256 e. The van der Waals surface area contributed by atoms with Crippen LogP contribution < -0.4 is 11.1 Å². The zero-order valence-electron chi connectivity index (χ0n) is 10.2. The first-order chi connectivity index (χ1) is 9.79. The highest BCUT2D eigenvalue weighted by molar-refractivity contribution is 9.10. The molecular weight excluding hydrogens is 389 g/mol. The number of nitrogens with two attached hydrogens (primary N) is 1. The fourth-order valence-corrected chi connectivity index (χ4v) is 2.55. The average molecular weight is 396 g/mol. The van der Waals surface area contributed by atoms with Gasteiger partial charge in [-0.25, -0.2) is 8.78 Å². The number of rotatable bonds is 2. The van der Waals surface area contributed by atoms with E-state index in [1.54, 1.807) is 0 Å². The molecule has 0 aliphatic rings. The molecule has 0 saturated heterocycles. The molecule has 0 spiro atoms. The summed E-state index contributed by atoms with van der Waals surface area (Å²) < 4.78 is 26.8. The second kappa shape index (κ2) is 6.17. The summed E-state index contributed by atoms with van der Waals surface area (Å²) in [5, 5.41) is 2.02. The Hall–Kier alpha value is -1.37. The standard InChI is InChI=1S/C13H7BrCl2F2N2O/c14-7-4-10(17)11(19)3-6(7)13(21)20-5-1-8(15)12(18)9(16)2-5/h1-4H,19H2,(H,20,21). The second-order valence-corrected chi connectivity index (χ2v) is 5.73. The lowest BCUT2D eigenvalue weighted by atomic mass is 10.1. The number of hydrogen-bond acceptors (Lipinski definition) is 2. The number of hydrogen-bond donors (Lipinski definition) is 2. The average Bonchev–Trinajstić information content (AvgIpc) is 2.40. The van der Waals surface area contributed by atoms with E-state index in [1.807, 2.05) is 0 Å². The van der Waals surface area contributed by atoms with Crippen LogP contribution in [-0.2, 0) is 0 Å². The molecule has 0 aliphatic heterocycles. The van der Waals surface area contributed by atoms with E-state index in [9.17, 15) is 13.6 Å². The Morgan fingerprint density at radius 2 is 1.71 bits per heavy atom. The van der Waals surface area contributed by atoms with Crippen molar-refractivity contribution in [3.63, 3.8) is 0 Å². The zero-order chi connectivity index (χ0) is 15.7. The molecule has 2 aromatic rings. The Morgan fingerprint density at radius 3 is 2.29 bits per heavy atom. The van der Waals surface area contributed by atoms with Crippen molar-refractivity contribution in [1.82, 2.24) is 0 Å². The van der Waals surface area contributed by atoms with Crippen LogP contribution in [0.2, 0.25) is 10.0 Å². The van der Waals surface area contributed by atoms with E-state index in [0.717, 1.165) is 6.07 Å². The van der Waals surface area contributed by atoms with Crippen molar-refractivity contribution >= 4 is 56.4 Å². The summed E-state index contributed by atoms with van der Waals surface area (Å²) in [7, 11) is 0. The van der Waals surface area contributed by atoms with Crippen molar-refractivity contribution in [3.05, 3.63) is 56.0 Å². The van der Waals surface area contributed by atoms with Gasteiger partial charge in [-0.15, -0.1) is 0 Å². The van der Waals surface area contributed by atoms with Gasteiger partial charge in [0.15, 0.2) is 5.82 Å². The summed E-state index contributed by atoms with van der Waals surface area (Å²) in [6.07, 6.45) is 0. The first-order valence-electron chi connectivity index (χ1n) is 5.50. The highest BCUT2D eigenvalue weighted by Crippen LogP contribution is 2.28. The molecule has 0 atom stereocenters. The summed E-state index contributed by atoms with van der Waals surface area (Å²) in [5.41, 5.74) is 5.57. The maximum absolute atomic E-state index is 13.3. The topological polar surface area (TPSA) is 55.1 Å². The third-order valence-electron chi connectivity index (χ3n) is 2.57. The van der Waals surface area contributed by atoms with Gasteiger partial charge in [0.25, 0.3) is 5.91 Å². The van der Waals surface area contributed by atoms with Crippen LogP contribution >= 0.6 is 39.1 Å². The molecule has 0 heterocycles. The van der Waals surface area contributed by atoms with Crippen molar-refractivity contribution < 1.29 is 13.6 Å². The van der Waals surface area contributed by atoms with Crippen molar-refractivity contribution in [3.8, 4) is 0 Å². The van der Waals surface area contributed by atoms with E-state index in [-0.39, 0.29) is 31.5 Å². The number of carbonyl (C=O) groups excluding carboxylic acids is 1. The Bertz CT molecular complexity index is 717. The summed E-state index contributed by atoms with van der Waals surface area (Å²) >= 11 is 14.3. The minimum atomic E-state index is -0.775. The second-order valence-electron chi connectivity index (χ2n) is 4.06. The lowest BCUT2D eigenvalue weighted by Gasteiger charge is -2.09. The Kier molecular flexibility index (Phi) is 4.70. The van der Waals surface area contributed by atoms with Crippen molar-refractivity contribution in [1.29, 1.82) is 0 Å². The first kappa shape index (κ1) is 16.0. The minimum Gasteiger partial charge on any atom is -0.396 e. The number of halogens is 5. The molecule has 0 saturated carbocycles. The monoisotopic (exact) mass is 394 g/mol. The third-order valence-corrected chi connectivity index (χ3v) is 3.78. The SMILES string of the molecule is Nc1cc(C(=O)Nc2cc(Cl)c(F)c(Cl)c2)c(Br)cc1F. The van der Waals surface area contributed by atoms with Gasteiger partial charge in [-0.05, 0) is 40.2 Å². The van der Waals surface area contributed by atoms with Crippen molar-refractivity contribution in [2.45, 2.75) is 0 Å². The van der Waals surface area contributed by atoms with E-state index >= 15 is 0 Å². The summed E-state index contributed by atoms with van der Waals surface area (Å²) in [4.78, 5) is 12.1. The minimum absolute atomic E-state index is 0.116. The Morgan fingerprint density at radius 1 is 1.14 bits per heavy atom. The lowest BCUT2D eigenvalue weighted by molar-refractivity contribution is 0.102. The summed E-state index contributed by atoms with van der Waals surface area (Å²) in [6.45, 7) is 0. The molecule has 0 bridgehead atoms. The third kappa shape index (κ3) is 3.45. The fraction of sp³-hybridized carbons (Fsp3) is 0. The number of nitrogen functional groups attached to an aromatic ring is 1. The molecule has 0 aliphatic carbocycles. The molecule has 0 fully saturated rings. The molecule has 110 valence electrons. The molecule has 8 heteroatoms. The van der Waals surface area contributed by atoms with E-state index in [4.69, 9.17) is 28.9 Å². The largest absolute Gasteiger partial charge is 0.396 e. The summed E-state index contributed by atoms with van der Waals surface area (Å²) in [6, 6.07) is 4.68. The molecule has 0 unspecified atom stereocenters. The molecule has 0 aromatic heterocycles. The number of amides is 1. The van der Waals surface area contributed by atoms with E-state index < -0.39 is 17.5 Å². The van der Waals surface area contributed by atoms with E-state index in [1.165, 1.54) is 18.2 Å². The maximum atomic E-state index is 13.3. The van der Waals surface area contributed by atoms with Crippen LogP contribution in [0.4, 0.5) is 20.2 Å². The van der Waals surface area contributed by atoms with Crippen LogP contribution in [-0.4, -0.2) is 5.91 Å². The Balaban J connectivity index is 2.32. The van der Waals surface area contributed by atoms with E-state index in [0.29, 0.717) is 0 Å². The lowest BCUT2D eigenvalue weighted by Crippen LogP contribution is -2.13. The molecule has 2 aromatic carbocycles. The van der Waals surface area contributed by atoms with Crippen LogP contribution in [0.25, 0.3) is 0 Å². The van der Waals surface area contributed by atoms with Gasteiger partial charge in [-0.2, -0.15) is 0 Å². The van der Waals surface area contributed by atoms with Gasteiger partial charge >= 0.3 is 0 Å². The fourth-order valence-electron chi connectivity index (χ4n) is 1.57. The molecule has 2 rings (SSSR count). The zero-order valence-corrected chi connectivity index (χ0v) is 13.3. The predicted molar refractivity (Wildman–Crippen MR) is 82.9 cm³/mol. The highest BCUT2D eigenvalue weighted by Gasteiger charge is 2.15. The van der Waals surface area contributed by atoms with Crippen LogP contribution in [0.5, 0.6) is 0 Å². The van der Waals surface area contributed by atoms with Gasteiger partial charge in [0, 0.05) is 10.2 Å². The maximum Gasteiger partial charge on any atom is 0.256 e. The molecule has 0 radical (unpaired) electrons. The van der Waals surface area contributed by atoms with Crippen LogP contribution in [0.1, 0.15) is 10.4 Å². The predicted octanol–water partition coefficient (Wildman–Crippen LogP) is 4.87. The van der Waals surface area contributed by atoms with Crippen LogP contribution in [0.15, 0.2) is 28.7 Å². The molecule has 1 amide bonds. The van der Waals surface area contributed by atoms with Gasteiger partial charge in [0.05, 0.1) is 21.3 Å². The van der Waals surface area contributed by atoms with Gasteiger partial charge in [0.1, 0.15) is 5.82 Å². The van der Waals surface area contributed by atoms with Gasteiger partial charge in [-0.3, -0.25) is 4.79 Å². The van der Waals surface area contributed by atoms with Gasteiger partial charge < -0.3 is 11.1 Å². The number of nitrogens with one attached hydrogen (secondary N) is 1. The quantitative estimate of drug-likeness (QED) is 0.563. The first-order valence-corrected chi connectivity index (χ1v) is 7.05. The molecule has 3 N–H and O–H groups in total. The molecule has 21 heavy (non-hydrogen) atoms. The van der Waals surface area contributed by atoms with E-state index in [2.05, 4.69) is 21.2 Å².